The van der Waals surface area contributed by atoms with Crippen molar-refractivity contribution in [1.82, 2.24) is 5.32 Å². The van der Waals surface area contributed by atoms with Crippen molar-refractivity contribution >= 4 is 23.2 Å². The molecule has 1 fully saturated rings. The van der Waals surface area contributed by atoms with Gasteiger partial charge in [0.25, 0.3) is 0 Å². The van der Waals surface area contributed by atoms with E-state index in [2.05, 4.69) is 16.0 Å². The van der Waals surface area contributed by atoms with E-state index in [1.54, 1.807) is 0 Å². The van der Waals surface area contributed by atoms with Crippen molar-refractivity contribution in [2.75, 3.05) is 17.2 Å². The summed E-state index contributed by atoms with van der Waals surface area (Å²) in [6.07, 6.45) is 0.392. The van der Waals surface area contributed by atoms with Gasteiger partial charge in [0.1, 0.15) is 11.9 Å². The number of hydrogen-bond donors (Lipinski definition) is 3. The molecular weight excluding hydrogens is 309 g/mol. The zero-order valence-corrected chi connectivity index (χ0v) is 12.8. The van der Waals surface area contributed by atoms with Gasteiger partial charge < -0.3 is 16.0 Å². The van der Waals surface area contributed by atoms with E-state index in [9.17, 15) is 14.0 Å². The highest BCUT2D eigenvalue weighted by atomic mass is 19.1. The summed E-state index contributed by atoms with van der Waals surface area (Å²) in [6.45, 7) is 0.485. The second-order valence-corrected chi connectivity index (χ2v) is 6.21. The molecule has 2 aliphatic heterocycles. The van der Waals surface area contributed by atoms with E-state index in [-0.39, 0.29) is 17.6 Å². The molecule has 2 atom stereocenters. The third kappa shape index (κ3) is 2.22. The molecule has 2 unspecified atom stereocenters. The van der Waals surface area contributed by atoms with Gasteiger partial charge in [0.05, 0.1) is 5.41 Å². The molecule has 6 heteroatoms. The van der Waals surface area contributed by atoms with Crippen LogP contribution in [-0.2, 0) is 15.0 Å². The van der Waals surface area contributed by atoms with Crippen LogP contribution in [-0.4, -0.2) is 24.4 Å². The Morgan fingerprint density at radius 2 is 1.92 bits per heavy atom. The third-order valence-corrected chi connectivity index (χ3v) is 4.74. The van der Waals surface area contributed by atoms with E-state index >= 15 is 0 Å². The number of para-hydroxylation sites is 1. The molecule has 0 aliphatic carbocycles. The predicted molar refractivity (Wildman–Crippen MR) is 88.2 cm³/mol. The summed E-state index contributed by atoms with van der Waals surface area (Å²) in [5, 5.41) is 8.76. The summed E-state index contributed by atoms with van der Waals surface area (Å²) < 4.78 is 12.9. The zero-order chi connectivity index (χ0) is 16.7. The quantitative estimate of drug-likeness (QED) is 0.791. The van der Waals surface area contributed by atoms with Crippen LogP contribution in [0.4, 0.5) is 15.8 Å². The molecule has 2 aliphatic rings. The summed E-state index contributed by atoms with van der Waals surface area (Å²) in [5.74, 6) is -0.801. The largest absolute Gasteiger partial charge is 0.383 e. The van der Waals surface area contributed by atoms with Crippen LogP contribution in [0.2, 0.25) is 0 Å². The van der Waals surface area contributed by atoms with E-state index < -0.39 is 11.5 Å². The second-order valence-electron chi connectivity index (χ2n) is 6.21. The van der Waals surface area contributed by atoms with Gasteiger partial charge in [-0.25, -0.2) is 4.39 Å². The van der Waals surface area contributed by atoms with Crippen LogP contribution in [0.3, 0.4) is 0 Å². The second kappa shape index (κ2) is 5.33. The molecule has 3 N–H and O–H groups in total. The number of carbonyl (C=O) groups is 2. The van der Waals surface area contributed by atoms with E-state index in [1.165, 1.54) is 24.3 Å². The smallest absolute Gasteiger partial charge is 0.246 e. The molecule has 0 aromatic heterocycles. The molecule has 0 radical (unpaired) electrons. The molecule has 2 aromatic rings. The Morgan fingerprint density at radius 1 is 1.17 bits per heavy atom. The van der Waals surface area contributed by atoms with Crippen molar-refractivity contribution in [3.63, 3.8) is 0 Å². The van der Waals surface area contributed by atoms with Crippen LogP contribution >= 0.6 is 0 Å². The maximum absolute atomic E-state index is 12.9. The average Bonchev–Trinajstić information content (AvgIpc) is 3.13. The first-order valence-corrected chi connectivity index (χ1v) is 7.79. The highest BCUT2D eigenvalue weighted by Gasteiger charge is 2.53. The SMILES string of the molecule is O=C(Nc1ccc(F)cc1)C1CC2(CNc3ccccc32)C(=O)N1. The number of nitrogens with one attached hydrogen (secondary N) is 3. The number of fused-ring (bicyclic) bond motifs is 2. The van der Waals surface area contributed by atoms with Gasteiger partial charge in [-0.1, -0.05) is 18.2 Å². The Kier molecular flexibility index (Phi) is 3.26. The lowest BCUT2D eigenvalue weighted by Gasteiger charge is -2.19. The van der Waals surface area contributed by atoms with Gasteiger partial charge in [0.15, 0.2) is 0 Å². The van der Waals surface area contributed by atoms with Crippen LogP contribution in [0.25, 0.3) is 0 Å². The number of amides is 2. The first kappa shape index (κ1) is 14.7. The number of carbonyl (C=O) groups excluding carboxylic acids is 2. The van der Waals surface area contributed by atoms with Crippen molar-refractivity contribution < 1.29 is 14.0 Å². The van der Waals surface area contributed by atoms with E-state index in [1.807, 2.05) is 24.3 Å². The maximum atomic E-state index is 12.9. The topological polar surface area (TPSA) is 70.2 Å². The van der Waals surface area contributed by atoms with Gasteiger partial charge in [0, 0.05) is 17.9 Å². The Balaban J connectivity index is 1.54. The summed E-state index contributed by atoms with van der Waals surface area (Å²) in [5.41, 5.74) is 1.66. The number of anilines is 2. The lowest BCUT2D eigenvalue weighted by Crippen LogP contribution is -2.39. The Hall–Kier alpha value is -2.89. The number of hydrogen-bond acceptors (Lipinski definition) is 3. The molecule has 4 rings (SSSR count). The molecule has 5 nitrogen and oxygen atoms in total. The summed E-state index contributed by atoms with van der Waals surface area (Å²) in [7, 11) is 0. The van der Waals surface area contributed by atoms with E-state index in [4.69, 9.17) is 0 Å². The van der Waals surface area contributed by atoms with Crippen LogP contribution < -0.4 is 16.0 Å². The molecule has 24 heavy (non-hydrogen) atoms. The first-order valence-electron chi connectivity index (χ1n) is 7.79. The fraction of sp³-hybridized carbons (Fsp3) is 0.222. The predicted octanol–water partition coefficient (Wildman–Crippen LogP) is 2.02. The summed E-state index contributed by atoms with van der Waals surface area (Å²) in [6, 6.07) is 12.6. The van der Waals surface area contributed by atoms with E-state index in [0.717, 1.165) is 11.3 Å². The summed E-state index contributed by atoms with van der Waals surface area (Å²) in [4.78, 5) is 25.0. The Bertz CT molecular complexity index is 821. The average molecular weight is 325 g/mol. The minimum Gasteiger partial charge on any atom is -0.383 e. The van der Waals surface area contributed by atoms with Gasteiger partial charge in [-0.15, -0.1) is 0 Å². The van der Waals surface area contributed by atoms with Gasteiger partial charge in [0.2, 0.25) is 11.8 Å². The van der Waals surface area contributed by atoms with Gasteiger partial charge in [-0.2, -0.15) is 0 Å². The van der Waals surface area contributed by atoms with Gasteiger partial charge in [-0.3, -0.25) is 9.59 Å². The molecule has 1 spiro atoms. The molecule has 2 aromatic carbocycles. The molecule has 122 valence electrons. The van der Waals surface area contributed by atoms with Crippen LogP contribution in [0, 0.1) is 5.82 Å². The normalized spacial score (nSPS) is 24.4. The van der Waals surface area contributed by atoms with Crippen molar-refractivity contribution in [2.24, 2.45) is 0 Å². The minimum absolute atomic E-state index is 0.140. The summed E-state index contributed by atoms with van der Waals surface area (Å²) >= 11 is 0. The van der Waals surface area contributed by atoms with E-state index in [0.29, 0.717) is 18.7 Å². The fourth-order valence-electron chi connectivity index (χ4n) is 3.49. The van der Waals surface area contributed by atoms with Crippen molar-refractivity contribution in [3.05, 3.63) is 59.9 Å². The molecular formula is C18H16FN3O2. The molecule has 0 bridgehead atoms. The maximum Gasteiger partial charge on any atom is 0.246 e. The number of benzene rings is 2. The van der Waals surface area contributed by atoms with Crippen LogP contribution in [0.15, 0.2) is 48.5 Å². The lowest BCUT2D eigenvalue weighted by molar-refractivity contribution is -0.125. The van der Waals surface area contributed by atoms with Crippen LogP contribution in [0.5, 0.6) is 0 Å². The van der Waals surface area contributed by atoms with Crippen molar-refractivity contribution in [2.45, 2.75) is 17.9 Å². The van der Waals surface area contributed by atoms with Crippen LogP contribution in [0.1, 0.15) is 12.0 Å². The zero-order valence-electron chi connectivity index (χ0n) is 12.8. The molecule has 0 saturated carbocycles. The Labute approximate surface area is 138 Å². The van der Waals surface area contributed by atoms with Crippen molar-refractivity contribution in [3.8, 4) is 0 Å². The standard InChI is InChI=1S/C18H16FN3O2/c19-11-5-7-12(8-6-11)21-16(23)15-9-18(17(24)22-15)10-20-14-4-2-1-3-13(14)18/h1-8,15,20H,9-10H2,(H,21,23)(H,22,24). The third-order valence-electron chi connectivity index (χ3n) is 4.74. The monoisotopic (exact) mass is 325 g/mol. The fourth-order valence-corrected chi connectivity index (χ4v) is 3.49. The molecule has 1 saturated heterocycles. The number of halogens is 1. The molecule has 2 amide bonds. The molecule has 2 heterocycles. The van der Waals surface area contributed by atoms with Gasteiger partial charge >= 0.3 is 0 Å². The Morgan fingerprint density at radius 3 is 2.71 bits per heavy atom. The highest BCUT2D eigenvalue weighted by molar-refractivity contribution is 6.03. The van der Waals surface area contributed by atoms with Crippen molar-refractivity contribution in [1.29, 1.82) is 0 Å². The first-order chi connectivity index (χ1) is 11.6. The number of rotatable bonds is 2. The minimum atomic E-state index is -0.707. The lowest BCUT2D eigenvalue weighted by atomic mass is 9.79. The van der Waals surface area contributed by atoms with Gasteiger partial charge in [-0.05, 0) is 42.3 Å². The highest BCUT2D eigenvalue weighted by Crippen LogP contribution is 2.43.